The Balaban J connectivity index is 2.51. The Morgan fingerprint density at radius 3 is 2.62 bits per heavy atom. The molecule has 21 heavy (non-hydrogen) atoms. The minimum atomic E-state index is -0.436. The summed E-state index contributed by atoms with van der Waals surface area (Å²) in [6.45, 7) is 6.03. The van der Waals surface area contributed by atoms with E-state index in [1.54, 1.807) is 11.0 Å². The van der Waals surface area contributed by atoms with Crippen LogP contribution in [0.5, 0.6) is 0 Å². The Hall–Kier alpha value is -1.66. The van der Waals surface area contributed by atoms with Gasteiger partial charge in [-0.2, -0.15) is 0 Å². The Morgan fingerprint density at radius 1 is 1.38 bits per heavy atom. The fraction of sp³-hybridized carbons (Fsp3) is 0.500. The van der Waals surface area contributed by atoms with Gasteiger partial charge in [-0.15, -0.1) is 0 Å². The highest BCUT2D eigenvalue weighted by Gasteiger charge is 2.14. The molecule has 1 aromatic carbocycles. The predicted molar refractivity (Wildman–Crippen MR) is 82.4 cm³/mol. The first-order chi connectivity index (χ1) is 9.99. The number of carbonyl (C=O) groups is 1. The van der Waals surface area contributed by atoms with E-state index in [0.717, 1.165) is 0 Å². The number of hydrogen-bond donors (Lipinski definition) is 1. The molecule has 0 aliphatic rings. The smallest absolute Gasteiger partial charge is 0.273 e. The van der Waals surface area contributed by atoms with Gasteiger partial charge in [0.25, 0.3) is 5.69 Å². The lowest BCUT2D eigenvalue weighted by atomic mass is 10.2. The summed E-state index contributed by atoms with van der Waals surface area (Å²) >= 11 is 5.85. The molecule has 0 aromatic heterocycles. The number of carbonyl (C=O) groups excluding carboxylic acids is 1. The fourth-order valence-electron chi connectivity index (χ4n) is 2.03. The number of halogens is 1. The molecule has 6 nitrogen and oxygen atoms in total. The van der Waals surface area contributed by atoms with Crippen molar-refractivity contribution in [1.29, 1.82) is 0 Å². The molecule has 0 bridgehead atoms. The van der Waals surface area contributed by atoms with E-state index in [4.69, 9.17) is 11.6 Å². The van der Waals surface area contributed by atoms with Gasteiger partial charge in [-0.3, -0.25) is 14.9 Å². The third kappa shape index (κ3) is 5.32. The lowest BCUT2D eigenvalue weighted by Gasteiger charge is -2.18. The van der Waals surface area contributed by atoms with Gasteiger partial charge in [0.15, 0.2) is 0 Å². The monoisotopic (exact) mass is 313 g/mol. The van der Waals surface area contributed by atoms with E-state index < -0.39 is 4.92 Å². The molecule has 0 aliphatic carbocycles. The first-order valence-corrected chi connectivity index (χ1v) is 7.28. The zero-order valence-corrected chi connectivity index (χ0v) is 13.0. The molecule has 0 fully saturated rings. The maximum absolute atomic E-state index is 11.8. The molecule has 0 saturated heterocycles. The maximum Gasteiger partial charge on any atom is 0.273 e. The molecular weight excluding hydrogens is 294 g/mol. The molecule has 0 heterocycles. The lowest BCUT2D eigenvalue weighted by molar-refractivity contribution is -0.385. The van der Waals surface area contributed by atoms with Crippen LogP contribution < -0.4 is 5.32 Å². The zero-order chi connectivity index (χ0) is 15.8. The van der Waals surface area contributed by atoms with E-state index in [-0.39, 0.29) is 11.6 Å². The van der Waals surface area contributed by atoms with Gasteiger partial charge in [0, 0.05) is 49.3 Å². The van der Waals surface area contributed by atoms with Crippen molar-refractivity contribution in [3.05, 3.63) is 38.9 Å². The number of nitrogens with one attached hydrogen (secondary N) is 1. The Morgan fingerprint density at radius 2 is 2.05 bits per heavy atom. The third-order valence-corrected chi connectivity index (χ3v) is 3.42. The number of benzene rings is 1. The van der Waals surface area contributed by atoms with Gasteiger partial charge in [0.1, 0.15) is 0 Å². The minimum Gasteiger partial charge on any atom is -0.343 e. The van der Waals surface area contributed by atoms with E-state index >= 15 is 0 Å². The molecule has 1 amide bonds. The predicted octanol–water partition coefficient (Wildman–Crippen LogP) is 2.60. The molecule has 0 saturated carbocycles. The quantitative estimate of drug-likeness (QED) is 0.455. The zero-order valence-electron chi connectivity index (χ0n) is 12.3. The van der Waals surface area contributed by atoms with Crippen molar-refractivity contribution in [2.75, 3.05) is 19.6 Å². The van der Waals surface area contributed by atoms with Gasteiger partial charge >= 0.3 is 0 Å². The highest BCUT2D eigenvalue weighted by molar-refractivity contribution is 6.30. The van der Waals surface area contributed by atoms with Crippen molar-refractivity contribution in [1.82, 2.24) is 10.2 Å². The highest BCUT2D eigenvalue weighted by Crippen LogP contribution is 2.22. The second-order valence-corrected chi connectivity index (χ2v) is 4.96. The average molecular weight is 314 g/mol. The van der Waals surface area contributed by atoms with Crippen LogP contribution in [0.2, 0.25) is 5.02 Å². The van der Waals surface area contributed by atoms with Crippen molar-refractivity contribution in [3.8, 4) is 0 Å². The molecule has 1 rings (SSSR count). The van der Waals surface area contributed by atoms with Crippen molar-refractivity contribution >= 4 is 23.2 Å². The van der Waals surface area contributed by atoms with E-state index in [9.17, 15) is 14.9 Å². The molecule has 1 aromatic rings. The molecule has 0 unspecified atom stereocenters. The SMILES string of the molecule is CCN(CC)C(=O)CCNCc1cc(Cl)ccc1[N+](=O)[O-]. The topological polar surface area (TPSA) is 75.5 Å². The molecule has 7 heteroatoms. The minimum absolute atomic E-state index is 0.0296. The Kier molecular flexibility index (Phi) is 7.11. The molecular formula is C14H20ClN3O3. The van der Waals surface area contributed by atoms with Crippen molar-refractivity contribution in [3.63, 3.8) is 0 Å². The van der Waals surface area contributed by atoms with Gasteiger partial charge in [-0.25, -0.2) is 0 Å². The second kappa shape index (κ2) is 8.59. The average Bonchev–Trinajstić information content (AvgIpc) is 2.44. The number of nitro benzene ring substituents is 1. The summed E-state index contributed by atoms with van der Waals surface area (Å²) in [6.07, 6.45) is 0.371. The standard InChI is InChI=1S/C14H20ClN3O3/c1-3-17(4-2)14(19)7-8-16-10-11-9-12(15)5-6-13(11)18(20)21/h5-6,9,16H,3-4,7-8,10H2,1-2H3. The maximum atomic E-state index is 11.8. The van der Waals surface area contributed by atoms with Crippen LogP contribution in [0, 0.1) is 10.1 Å². The summed E-state index contributed by atoms with van der Waals surface area (Å²) in [5.41, 5.74) is 0.546. The van der Waals surface area contributed by atoms with Crippen LogP contribution in [-0.2, 0) is 11.3 Å². The van der Waals surface area contributed by atoms with Gasteiger partial charge < -0.3 is 10.2 Å². The highest BCUT2D eigenvalue weighted by atomic mass is 35.5. The number of hydrogen-bond acceptors (Lipinski definition) is 4. The third-order valence-electron chi connectivity index (χ3n) is 3.19. The van der Waals surface area contributed by atoms with E-state index in [1.807, 2.05) is 13.8 Å². The summed E-state index contributed by atoms with van der Waals surface area (Å²) in [4.78, 5) is 24.0. The van der Waals surface area contributed by atoms with Crippen LogP contribution in [0.4, 0.5) is 5.69 Å². The molecule has 0 aliphatic heterocycles. The summed E-state index contributed by atoms with van der Waals surface area (Å²) in [6, 6.07) is 4.45. The summed E-state index contributed by atoms with van der Waals surface area (Å²) in [5.74, 6) is 0.0769. The van der Waals surface area contributed by atoms with Gasteiger partial charge in [0.05, 0.1) is 4.92 Å². The van der Waals surface area contributed by atoms with Crippen LogP contribution in [0.15, 0.2) is 18.2 Å². The van der Waals surface area contributed by atoms with Crippen molar-refractivity contribution in [2.45, 2.75) is 26.8 Å². The van der Waals surface area contributed by atoms with Crippen LogP contribution >= 0.6 is 11.6 Å². The molecule has 1 N–H and O–H groups in total. The van der Waals surface area contributed by atoms with Gasteiger partial charge in [-0.1, -0.05) is 11.6 Å². The van der Waals surface area contributed by atoms with Gasteiger partial charge in [0.2, 0.25) is 5.91 Å². The second-order valence-electron chi connectivity index (χ2n) is 4.52. The lowest BCUT2D eigenvalue weighted by Crippen LogP contribution is -2.32. The number of nitro groups is 1. The summed E-state index contributed by atoms with van der Waals surface area (Å²) in [5, 5.41) is 14.4. The number of nitrogens with zero attached hydrogens (tertiary/aromatic N) is 2. The largest absolute Gasteiger partial charge is 0.343 e. The normalized spacial score (nSPS) is 10.4. The Bertz CT molecular complexity index is 504. The number of rotatable bonds is 8. The molecule has 0 atom stereocenters. The van der Waals surface area contributed by atoms with Crippen LogP contribution in [0.1, 0.15) is 25.8 Å². The van der Waals surface area contributed by atoms with Crippen LogP contribution in [0.25, 0.3) is 0 Å². The molecule has 0 radical (unpaired) electrons. The van der Waals surface area contributed by atoms with E-state index in [1.165, 1.54) is 12.1 Å². The first-order valence-electron chi connectivity index (χ1n) is 6.90. The van der Waals surface area contributed by atoms with Crippen LogP contribution in [-0.4, -0.2) is 35.4 Å². The van der Waals surface area contributed by atoms with Crippen LogP contribution in [0.3, 0.4) is 0 Å². The van der Waals surface area contributed by atoms with E-state index in [2.05, 4.69) is 5.32 Å². The Labute approximate surface area is 129 Å². The van der Waals surface area contributed by atoms with Crippen molar-refractivity contribution in [2.24, 2.45) is 0 Å². The molecule has 0 spiro atoms. The number of amides is 1. The fourth-order valence-corrected chi connectivity index (χ4v) is 2.22. The first kappa shape index (κ1) is 17.4. The summed E-state index contributed by atoms with van der Waals surface area (Å²) < 4.78 is 0. The van der Waals surface area contributed by atoms with Gasteiger partial charge in [-0.05, 0) is 26.0 Å². The summed E-state index contributed by atoms with van der Waals surface area (Å²) in [7, 11) is 0. The molecule has 116 valence electrons. The van der Waals surface area contributed by atoms with Crippen molar-refractivity contribution < 1.29 is 9.72 Å². The van der Waals surface area contributed by atoms with E-state index in [0.29, 0.717) is 43.2 Å².